The SMILES string of the molecule is CC(C)(C)OC(=O)NCCCOc1ccc(Oc2ccc(C#N)cc2)cc1C(=O)O. The second-order valence-corrected chi connectivity index (χ2v) is 7.33. The first-order valence-corrected chi connectivity index (χ1v) is 9.33. The third-order valence-corrected chi connectivity index (χ3v) is 3.65. The molecule has 0 radical (unpaired) electrons. The van der Waals surface area contributed by atoms with E-state index in [2.05, 4.69) is 5.32 Å². The number of amides is 1. The van der Waals surface area contributed by atoms with Crippen molar-refractivity contribution in [1.82, 2.24) is 5.32 Å². The van der Waals surface area contributed by atoms with E-state index in [0.29, 0.717) is 30.0 Å². The smallest absolute Gasteiger partial charge is 0.407 e. The Morgan fingerprint density at radius 1 is 1.10 bits per heavy atom. The zero-order valence-corrected chi connectivity index (χ0v) is 17.1. The van der Waals surface area contributed by atoms with Crippen molar-refractivity contribution in [2.75, 3.05) is 13.2 Å². The molecule has 0 saturated carbocycles. The van der Waals surface area contributed by atoms with Crippen LogP contribution in [0.4, 0.5) is 4.79 Å². The molecular weight excluding hydrogens is 388 g/mol. The third kappa shape index (κ3) is 7.36. The average molecular weight is 412 g/mol. The van der Waals surface area contributed by atoms with E-state index in [1.807, 2.05) is 6.07 Å². The van der Waals surface area contributed by atoms with E-state index in [4.69, 9.17) is 19.5 Å². The van der Waals surface area contributed by atoms with Gasteiger partial charge in [0.15, 0.2) is 0 Å². The predicted molar refractivity (Wildman–Crippen MR) is 109 cm³/mol. The molecule has 0 spiro atoms. The maximum atomic E-state index is 11.6. The van der Waals surface area contributed by atoms with Gasteiger partial charge in [0, 0.05) is 6.54 Å². The molecule has 0 saturated heterocycles. The Balaban J connectivity index is 1.91. The van der Waals surface area contributed by atoms with Crippen LogP contribution in [-0.4, -0.2) is 35.9 Å². The molecule has 0 aliphatic carbocycles. The number of carboxylic acids is 1. The Morgan fingerprint density at radius 3 is 2.37 bits per heavy atom. The lowest BCUT2D eigenvalue weighted by atomic mass is 10.2. The quantitative estimate of drug-likeness (QED) is 0.619. The molecule has 158 valence electrons. The number of rotatable bonds is 8. The van der Waals surface area contributed by atoms with Gasteiger partial charge in [0.25, 0.3) is 0 Å². The summed E-state index contributed by atoms with van der Waals surface area (Å²) in [7, 11) is 0. The highest BCUT2D eigenvalue weighted by atomic mass is 16.6. The Labute approximate surface area is 175 Å². The van der Waals surface area contributed by atoms with Gasteiger partial charge < -0.3 is 24.6 Å². The van der Waals surface area contributed by atoms with Crippen molar-refractivity contribution in [3.05, 3.63) is 53.6 Å². The lowest BCUT2D eigenvalue weighted by molar-refractivity contribution is 0.0525. The molecule has 0 fully saturated rings. The number of carboxylic acid groups (broad SMARTS) is 1. The predicted octanol–water partition coefficient (Wildman–Crippen LogP) is 4.34. The van der Waals surface area contributed by atoms with E-state index in [9.17, 15) is 14.7 Å². The van der Waals surface area contributed by atoms with Crippen LogP contribution in [0.5, 0.6) is 17.2 Å². The molecular formula is C22H24N2O6. The van der Waals surface area contributed by atoms with Crippen molar-refractivity contribution in [3.8, 4) is 23.3 Å². The van der Waals surface area contributed by atoms with Crippen LogP contribution in [0.1, 0.15) is 43.1 Å². The van der Waals surface area contributed by atoms with Crippen LogP contribution in [-0.2, 0) is 4.74 Å². The molecule has 2 aromatic rings. The number of nitriles is 1. The number of alkyl carbamates (subject to hydrolysis) is 1. The van der Waals surface area contributed by atoms with Gasteiger partial charge in [0.1, 0.15) is 28.4 Å². The molecule has 0 bridgehead atoms. The summed E-state index contributed by atoms with van der Waals surface area (Å²) < 4.78 is 16.3. The van der Waals surface area contributed by atoms with Crippen LogP contribution in [0.2, 0.25) is 0 Å². The van der Waals surface area contributed by atoms with E-state index in [0.717, 1.165) is 0 Å². The summed E-state index contributed by atoms with van der Waals surface area (Å²) in [6, 6.07) is 13.0. The molecule has 2 aromatic carbocycles. The highest BCUT2D eigenvalue weighted by molar-refractivity contribution is 5.91. The van der Waals surface area contributed by atoms with Crippen molar-refractivity contribution in [3.63, 3.8) is 0 Å². The van der Waals surface area contributed by atoms with E-state index in [-0.39, 0.29) is 17.9 Å². The zero-order valence-electron chi connectivity index (χ0n) is 17.1. The van der Waals surface area contributed by atoms with Gasteiger partial charge in [-0.1, -0.05) is 0 Å². The van der Waals surface area contributed by atoms with Crippen molar-refractivity contribution in [2.24, 2.45) is 0 Å². The summed E-state index contributed by atoms with van der Waals surface area (Å²) in [5.41, 5.74) is -0.113. The van der Waals surface area contributed by atoms with Gasteiger partial charge in [0.05, 0.1) is 18.2 Å². The zero-order chi connectivity index (χ0) is 22.1. The van der Waals surface area contributed by atoms with Gasteiger partial charge in [0.2, 0.25) is 0 Å². The number of hydrogen-bond acceptors (Lipinski definition) is 6. The molecule has 0 heterocycles. The van der Waals surface area contributed by atoms with Crippen LogP contribution in [0.3, 0.4) is 0 Å². The molecule has 8 heteroatoms. The lowest BCUT2D eigenvalue weighted by Gasteiger charge is -2.19. The fourth-order valence-corrected chi connectivity index (χ4v) is 2.36. The van der Waals surface area contributed by atoms with Crippen LogP contribution in [0, 0.1) is 11.3 Å². The Kier molecular flexibility index (Phi) is 7.64. The van der Waals surface area contributed by atoms with Gasteiger partial charge in [-0.2, -0.15) is 5.26 Å². The van der Waals surface area contributed by atoms with Gasteiger partial charge >= 0.3 is 12.1 Å². The summed E-state index contributed by atoms with van der Waals surface area (Å²) in [5, 5.41) is 20.9. The monoisotopic (exact) mass is 412 g/mol. The largest absolute Gasteiger partial charge is 0.493 e. The summed E-state index contributed by atoms with van der Waals surface area (Å²) in [5.74, 6) is -0.141. The first-order chi connectivity index (χ1) is 14.2. The molecule has 1 amide bonds. The first-order valence-electron chi connectivity index (χ1n) is 9.33. The lowest BCUT2D eigenvalue weighted by Crippen LogP contribution is -2.33. The third-order valence-electron chi connectivity index (χ3n) is 3.65. The second-order valence-electron chi connectivity index (χ2n) is 7.33. The van der Waals surface area contributed by atoms with E-state index in [1.165, 1.54) is 12.1 Å². The maximum absolute atomic E-state index is 11.6. The van der Waals surface area contributed by atoms with Crippen LogP contribution in [0.25, 0.3) is 0 Å². The molecule has 30 heavy (non-hydrogen) atoms. The number of carbonyl (C=O) groups is 2. The molecule has 0 aliphatic heterocycles. The van der Waals surface area contributed by atoms with Crippen molar-refractivity contribution < 1.29 is 28.9 Å². The molecule has 2 N–H and O–H groups in total. The first kappa shape index (κ1) is 22.6. The van der Waals surface area contributed by atoms with E-state index in [1.54, 1.807) is 51.1 Å². The van der Waals surface area contributed by atoms with Crippen molar-refractivity contribution >= 4 is 12.1 Å². The van der Waals surface area contributed by atoms with Gasteiger partial charge in [-0.05, 0) is 69.7 Å². The fraction of sp³-hybridized carbons (Fsp3) is 0.318. The minimum absolute atomic E-state index is 0.0405. The van der Waals surface area contributed by atoms with Gasteiger partial charge in [-0.25, -0.2) is 9.59 Å². The number of hydrogen-bond donors (Lipinski definition) is 2. The highest BCUT2D eigenvalue weighted by Gasteiger charge is 2.16. The normalized spacial score (nSPS) is 10.6. The van der Waals surface area contributed by atoms with Gasteiger partial charge in [-0.3, -0.25) is 0 Å². The van der Waals surface area contributed by atoms with Crippen molar-refractivity contribution in [1.29, 1.82) is 5.26 Å². The standard InChI is InChI=1S/C22H24N2O6/c1-22(2,3)30-21(27)24-11-4-12-28-19-10-9-17(13-18(19)20(25)26)29-16-7-5-15(14-23)6-8-16/h5-10,13H,4,11-12H2,1-3H3,(H,24,27)(H,25,26). The van der Waals surface area contributed by atoms with Crippen LogP contribution in [0.15, 0.2) is 42.5 Å². The Bertz CT molecular complexity index is 926. The second kappa shape index (κ2) is 10.2. The summed E-state index contributed by atoms with van der Waals surface area (Å²) in [6.07, 6.45) is -0.0417. The molecule has 2 rings (SSSR count). The number of nitrogens with zero attached hydrogens (tertiary/aromatic N) is 1. The number of benzene rings is 2. The van der Waals surface area contributed by atoms with Crippen LogP contribution < -0.4 is 14.8 Å². The summed E-state index contributed by atoms with van der Waals surface area (Å²) >= 11 is 0. The minimum Gasteiger partial charge on any atom is -0.493 e. The van der Waals surface area contributed by atoms with Gasteiger partial charge in [-0.15, -0.1) is 0 Å². The number of nitrogens with one attached hydrogen (secondary N) is 1. The molecule has 0 atom stereocenters. The van der Waals surface area contributed by atoms with Crippen molar-refractivity contribution in [2.45, 2.75) is 32.8 Å². The Morgan fingerprint density at radius 2 is 1.77 bits per heavy atom. The topological polar surface area (TPSA) is 118 Å². The Hall–Kier alpha value is -3.73. The average Bonchev–Trinajstić information content (AvgIpc) is 2.67. The fourth-order valence-electron chi connectivity index (χ4n) is 2.36. The minimum atomic E-state index is -1.15. The number of ether oxygens (including phenoxy) is 3. The highest BCUT2D eigenvalue weighted by Crippen LogP contribution is 2.28. The molecule has 0 aliphatic rings. The maximum Gasteiger partial charge on any atom is 0.407 e. The van der Waals surface area contributed by atoms with E-state index >= 15 is 0 Å². The summed E-state index contributed by atoms with van der Waals surface area (Å²) in [4.78, 5) is 23.2. The van der Waals surface area contributed by atoms with Crippen LogP contribution >= 0.6 is 0 Å². The van der Waals surface area contributed by atoms with E-state index < -0.39 is 17.7 Å². The molecule has 0 unspecified atom stereocenters. The molecule has 0 aromatic heterocycles. The number of aromatic carboxylic acids is 1. The molecule has 8 nitrogen and oxygen atoms in total. The number of carbonyl (C=O) groups excluding carboxylic acids is 1. The summed E-state index contributed by atoms with van der Waals surface area (Å²) in [6.45, 7) is 5.87.